The quantitative estimate of drug-likeness (QED) is 0.685. The summed E-state index contributed by atoms with van der Waals surface area (Å²) >= 11 is 5.92. The van der Waals surface area contributed by atoms with Gasteiger partial charge in [-0.3, -0.25) is 4.79 Å². The van der Waals surface area contributed by atoms with Gasteiger partial charge in [0.2, 0.25) is 5.88 Å². The molecule has 0 bridgehead atoms. The minimum Gasteiger partial charge on any atom is -0.439 e. The Morgan fingerprint density at radius 2 is 1.92 bits per heavy atom. The second-order valence-electron chi connectivity index (χ2n) is 5.53. The first-order chi connectivity index (χ1) is 12.0. The molecule has 2 heterocycles. The van der Waals surface area contributed by atoms with Gasteiger partial charge in [0, 0.05) is 12.3 Å². The molecule has 6 heteroatoms. The fourth-order valence-electron chi connectivity index (χ4n) is 2.17. The van der Waals surface area contributed by atoms with Gasteiger partial charge in [-0.05, 0) is 55.3 Å². The summed E-state index contributed by atoms with van der Waals surface area (Å²) < 4.78 is 5.72. The lowest BCUT2D eigenvalue weighted by Gasteiger charge is -2.09. The van der Waals surface area contributed by atoms with Crippen molar-refractivity contribution in [2.24, 2.45) is 0 Å². The Morgan fingerprint density at radius 1 is 1.08 bits per heavy atom. The van der Waals surface area contributed by atoms with E-state index >= 15 is 0 Å². The Kier molecular flexibility index (Phi) is 4.95. The number of carbonyl (C=O) groups excluding carboxylic acids is 1. The van der Waals surface area contributed by atoms with Gasteiger partial charge in [-0.15, -0.1) is 0 Å². The van der Waals surface area contributed by atoms with E-state index in [0.717, 1.165) is 11.3 Å². The second-order valence-corrected chi connectivity index (χ2v) is 5.89. The third-order valence-electron chi connectivity index (χ3n) is 3.70. The molecular weight excluding hydrogens is 338 g/mol. The van der Waals surface area contributed by atoms with E-state index in [9.17, 15) is 4.79 Å². The van der Waals surface area contributed by atoms with E-state index in [1.165, 1.54) is 18.0 Å². The maximum atomic E-state index is 12.2. The average molecular weight is 354 g/mol. The number of nitrogens with one attached hydrogen (secondary N) is 1. The maximum absolute atomic E-state index is 12.2. The highest BCUT2D eigenvalue weighted by Crippen LogP contribution is 2.23. The van der Waals surface area contributed by atoms with Gasteiger partial charge in [-0.1, -0.05) is 17.7 Å². The van der Waals surface area contributed by atoms with Crippen LogP contribution in [0.25, 0.3) is 0 Å². The standard InChI is InChI=1S/C19H16ClN3O2/c1-12-5-7-15(10-13(12)2)25-17-8-6-14(11-22-17)23-19(24)16-4-3-9-21-18(16)20/h3-11H,1-2H3,(H,23,24). The fraction of sp³-hybridized carbons (Fsp3) is 0.105. The maximum Gasteiger partial charge on any atom is 0.258 e. The van der Waals surface area contributed by atoms with Crippen molar-refractivity contribution >= 4 is 23.2 Å². The number of hydrogen-bond acceptors (Lipinski definition) is 4. The number of ether oxygens (including phenoxy) is 1. The van der Waals surface area contributed by atoms with Gasteiger partial charge in [-0.25, -0.2) is 9.97 Å². The molecule has 0 saturated carbocycles. The highest BCUT2D eigenvalue weighted by molar-refractivity contribution is 6.33. The van der Waals surface area contributed by atoms with Crippen LogP contribution < -0.4 is 10.1 Å². The molecule has 0 aliphatic carbocycles. The Morgan fingerprint density at radius 3 is 2.60 bits per heavy atom. The molecule has 1 aromatic carbocycles. The number of aromatic nitrogens is 2. The van der Waals surface area contributed by atoms with Crippen LogP contribution in [0.5, 0.6) is 11.6 Å². The van der Waals surface area contributed by atoms with Gasteiger partial charge in [0.1, 0.15) is 10.9 Å². The van der Waals surface area contributed by atoms with Gasteiger partial charge in [-0.2, -0.15) is 0 Å². The van der Waals surface area contributed by atoms with Crippen LogP contribution >= 0.6 is 11.6 Å². The Labute approximate surface area is 150 Å². The summed E-state index contributed by atoms with van der Waals surface area (Å²) in [6, 6.07) is 12.5. The predicted molar refractivity (Wildman–Crippen MR) is 97.4 cm³/mol. The van der Waals surface area contributed by atoms with E-state index in [2.05, 4.69) is 15.3 Å². The number of halogens is 1. The molecule has 0 aliphatic rings. The topological polar surface area (TPSA) is 64.1 Å². The molecule has 0 fully saturated rings. The number of benzene rings is 1. The van der Waals surface area contributed by atoms with Crippen molar-refractivity contribution in [1.29, 1.82) is 0 Å². The third-order valence-corrected chi connectivity index (χ3v) is 4.00. The normalized spacial score (nSPS) is 10.4. The van der Waals surface area contributed by atoms with Gasteiger partial charge in [0.25, 0.3) is 5.91 Å². The number of amides is 1. The lowest BCUT2D eigenvalue weighted by molar-refractivity contribution is 0.102. The molecule has 25 heavy (non-hydrogen) atoms. The van der Waals surface area contributed by atoms with Crippen LogP contribution in [0.2, 0.25) is 5.15 Å². The van der Waals surface area contributed by atoms with Crippen molar-refractivity contribution in [1.82, 2.24) is 9.97 Å². The van der Waals surface area contributed by atoms with E-state index in [-0.39, 0.29) is 11.1 Å². The van der Waals surface area contributed by atoms with Gasteiger partial charge in [0.05, 0.1) is 17.4 Å². The van der Waals surface area contributed by atoms with Crippen LogP contribution in [-0.2, 0) is 0 Å². The molecule has 0 aliphatic heterocycles. The fourth-order valence-corrected chi connectivity index (χ4v) is 2.37. The van der Waals surface area contributed by atoms with E-state index < -0.39 is 0 Å². The predicted octanol–water partition coefficient (Wildman–Crippen LogP) is 4.79. The molecule has 1 N–H and O–H groups in total. The van der Waals surface area contributed by atoms with Crippen LogP contribution in [0.1, 0.15) is 21.5 Å². The number of hydrogen-bond donors (Lipinski definition) is 1. The van der Waals surface area contributed by atoms with Crippen LogP contribution in [0.15, 0.2) is 54.9 Å². The molecule has 0 unspecified atom stereocenters. The monoisotopic (exact) mass is 353 g/mol. The van der Waals surface area contributed by atoms with Crippen LogP contribution in [0.4, 0.5) is 5.69 Å². The number of anilines is 1. The summed E-state index contributed by atoms with van der Waals surface area (Å²) in [6.45, 7) is 4.07. The van der Waals surface area contributed by atoms with Crippen LogP contribution in [0, 0.1) is 13.8 Å². The summed E-state index contributed by atoms with van der Waals surface area (Å²) in [6.07, 6.45) is 3.05. The zero-order valence-corrected chi connectivity index (χ0v) is 14.5. The Balaban J connectivity index is 1.69. The largest absolute Gasteiger partial charge is 0.439 e. The SMILES string of the molecule is Cc1ccc(Oc2ccc(NC(=O)c3cccnc3Cl)cn2)cc1C. The highest BCUT2D eigenvalue weighted by Gasteiger charge is 2.11. The first-order valence-corrected chi connectivity index (χ1v) is 8.04. The molecule has 3 rings (SSSR count). The summed E-state index contributed by atoms with van der Waals surface area (Å²) in [4.78, 5) is 20.3. The molecule has 0 atom stereocenters. The smallest absolute Gasteiger partial charge is 0.258 e. The second kappa shape index (κ2) is 7.32. The minimum atomic E-state index is -0.345. The van der Waals surface area contributed by atoms with Gasteiger partial charge < -0.3 is 10.1 Å². The van der Waals surface area contributed by atoms with Crippen molar-refractivity contribution < 1.29 is 9.53 Å². The van der Waals surface area contributed by atoms with Crippen molar-refractivity contribution in [2.45, 2.75) is 13.8 Å². The average Bonchev–Trinajstić information content (AvgIpc) is 2.60. The number of aryl methyl sites for hydroxylation is 2. The summed E-state index contributed by atoms with van der Waals surface area (Å²) in [5.74, 6) is 0.818. The molecule has 5 nitrogen and oxygen atoms in total. The molecule has 2 aromatic heterocycles. The molecular formula is C19H16ClN3O2. The molecule has 0 spiro atoms. The van der Waals surface area contributed by atoms with Crippen molar-refractivity contribution in [3.8, 4) is 11.6 Å². The first kappa shape index (κ1) is 16.9. The van der Waals surface area contributed by atoms with Crippen LogP contribution in [0.3, 0.4) is 0 Å². The molecule has 126 valence electrons. The number of pyridine rings is 2. The third kappa shape index (κ3) is 4.14. The van der Waals surface area contributed by atoms with Gasteiger partial charge in [0.15, 0.2) is 0 Å². The molecule has 3 aromatic rings. The molecule has 0 radical (unpaired) electrons. The van der Waals surface area contributed by atoms with E-state index in [1.807, 2.05) is 32.0 Å². The summed E-state index contributed by atoms with van der Waals surface area (Å²) in [5.41, 5.74) is 3.19. The highest BCUT2D eigenvalue weighted by atomic mass is 35.5. The summed E-state index contributed by atoms with van der Waals surface area (Å²) in [5, 5.41) is 2.88. The number of nitrogens with zero attached hydrogens (tertiary/aromatic N) is 2. The zero-order valence-electron chi connectivity index (χ0n) is 13.8. The van der Waals surface area contributed by atoms with E-state index in [4.69, 9.17) is 16.3 Å². The van der Waals surface area contributed by atoms with Crippen LogP contribution in [-0.4, -0.2) is 15.9 Å². The zero-order chi connectivity index (χ0) is 17.8. The Hall–Kier alpha value is -2.92. The first-order valence-electron chi connectivity index (χ1n) is 7.66. The van der Waals surface area contributed by atoms with Gasteiger partial charge >= 0.3 is 0 Å². The minimum absolute atomic E-state index is 0.155. The van der Waals surface area contributed by atoms with E-state index in [1.54, 1.807) is 24.3 Å². The summed E-state index contributed by atoms with van der Waals surface area (Å²) in [7, 11) is 0. The molecule has 0 saturated heterocycles. The number of carbonyl (C=O) groups is 1. The van der Waals surface area contributed by atoms with Crippen molar-refractivity contribution in [3.05, 3.63) is 76.7 Å². The number of rotatable bonds is 4. The van der Waals surface area contributed by atoms with Crippen molar-refractivity contribution in [3.63, 3.8) is 0 Å². The van der Waals surface area contributed by atoms with E-state index in [0.29, 0.717) is 17.1 Å². The lowest BCUT2D eigenvalue weighted by atomic mass is 10.1. The van der Waals surface area contributed by atoms with Crippen molar-refractivity contribution in [2.75, 3.05) is 5.32 Å². The Bertz CT molecular complexity index is 911. The molecule has 1 amide bonds. The lowest BCUT2D eigenvalue weighted by Crippen LogP contribution is -2.13.